The summed E-state index contributed by atoms with van der Waals surface area (Å²) in [5.41, 5.74) is -0.789. The van der Waals surface area contributed by atoms with E-state index in [9.17, 15) is 18.0 Å². The second kappa shape index (κ2) is 2.67. The second-order valence-corrected chi connectivity index (χ2v) is 2.87. The first-order valence-electron chi connectivity index (χ1n) is 3.78. The van der Waals surface area contributed by atoms with Crippen LogP contribution in [0.5, 0.6) is 0 Å². The summed E-state index contributed by atoms with van der Waals surface area (Å²) in [4.78, 5) is 14.2. The molecule has 0 bridgehead atoms. The normalized spacial score (nSPS) is 14.6. The van der Waals surface area contributed by atoms with Crippen LogP contribution < -0.4 is 10.6 Å². The maximum atomic E-state index is 12.2. The van der Waals surface area contributed by atoms with E-state index in [1.165, 1.54) is 12.1 Å². The van der Waals surface area contributed by atoms with E-state index in [2.05, 4.69) is 4.99 Å². The van der Waals surface area contributed by atoms with Gasteiger partial charge >= 0.3 is 6.18 Å². The lowest BCUT2D eigenvalue weighted by Gasteiger charge is -2.04. The van der Waals surface area contributed by atoms with E-state index in [1.807, 2.05) is 0 Å². The lowest BCUT2D eigenvalue weighted by molar-refractivity contribution is -0.137. The Balaban J connectivity index is 2.66. The lowest BCUT2D eigenvalue weighted by atomic mass is 10.2. The summed E-state index contributed by atoms with van der Waals surface area (Å²) in [6.07, 6.45) is -3.19. The van der Waals surface area contributed by atoms with Crippen molar-refractivity contribution in [2.24, 2.45) is 4.99 Å². The van der Waals surface area contributed by atoms with Gasteiger partial charge in [0.1, 0.15) is 0 Å². The monoisotopic (exact) mass is 199 g/mol. The van der Waals surface area contributed by atoms with Gasteiger partial charge in [0.15, 0.2) is 0 Å². The van der Waals surface area contributed by atoms with E-state index in [-0.39, 0.29) is 5.36 Å². The zero-order valence-electron chi connectivity index (χ0n) is 6.80. The van der Waals surface area contributed by atoms with Crippen molar-refractivity contribution >= 4 is 12.0 Å². The number of hydrogen-bond acceptors (Lipinski definition) is 1. The summed E-state index contributed by atoms with van der Waals surface area (Å²) in [7, 11) is 0. The Kier molecular flexibility index (Phi) is 1.70. The molecule has 0 atom stereocenters. The third-order valence-corrected chi connectivity index (χ3v) is 1.87. The molecule has 0 radical (unpaired) electrons. The smallest absolute Gasteiger partial charge is 0.267 e. The van der Waals surface area contributed by atoms with Gasteiger partial charge in [-0.1, -0.05) is 6.07 Å². The number of amides is 1. The van der Waals surface area contributed by atoms with E-state index < -0.39 is 17.6 Å². The Bertz CT molecular complexity index is 516. The number of carbonyl (C=O) groups is 1. The number of alkyl halides is 3. The summed E-state index contributed by atoms with van der Waals surface area (Å²) in [5, 5.41) is 0.521. The van der Waals surface area contributed by atoms with E-state index in [0.29, 0.717) is 5.22 Å². The van der Waals surface area contributed by atoms with Crippen molar-refractivity contribution in [1.29, 1.82) is 0 Å². The van der Waals surface area contributed by atoms with Crippen LogP contribution in [0.15, 0.2) is 23.2 Å². The molecule has 5 heteroatoms. The van der Waals surface area contributed by atoms with Gasteiger partial charge in [-0.3, -0.25) is 4.79 Å². The second-order valence-electron chi connectivity index (χ2n) is 2.87. The molecule has 1 aliphatic heterocycles. The number of hydrogen-bond donors (Lipinski definition) is 0. The molecule has 0 saturated carbocycles. The van der Waals surface area contributed by atoms with Gasteiger partial charge in [-0.15, -0.1) is 0 Å². The van der Waals surface area contributed by atoms with Crippen LogP contribution in [0.25, 0.3) is 6.08 Å². The fourth-order valence-corrected chi connectivity index (χ4v) is 1.22. The summed E-state index contributed by atoms with van der Waals surface area (Å²) >= 11 is 0. The summed E-state index contributed by atoms with van der Waals surface area (Å²) < 4.78 is 36.7. The van der Waals surface area contributed by atoms with Crippen molar-refractivity contribution in [2.45, 2.75) is 6.18 Å². The highest BCUT2D eigenvalue weighted by molar-refractivity contribution is 6.06. The van der Waals surface area contributed by atoms with Crippen molar-refractivity contribution < 1.29 is 18.0 Å². The Morgan fingerprint density at radius 3 is 2.57 bits per heavy atom. The Hall–Kier alpha value is -1.65. The van der Waals surface area contributed by atoms with Crippen LogP contribution in [-0.4, -0.2) is 5.91 Å². The first kappa shape index (κ1) is 8.93. The molecular formula is C9H4F3NO. The summed E-state index contributed by atoms with van der Waals surface area (Å²) in [6, 6.07) is 3.05. The van der Waals surface area contributed by atoms with E-state index in [0.717, 1.165) is 12.1 Å². The fraction of sp³-hybridized carbons (Fsp3) is 0.111. The first-order valence-corrected chi connectivity index (χ1v) is 3.78. The van der Waals surface area contributed by atoms with Crippen molar-refractivity contribution in [3.8, 4) is 0 Å². The Morgan fingerprint density at radius 1 is 1.21 bits per heavy atom. The quantitative estimate of drug-likeness (QED) is 0.603. The topological polar surface area (TPSA) is 29.4 Å². The molecule has 1 aliphatic rings. The Labute approximate surface area is 76.4 Å². The number of carbonyl (C=O) groups excluding carboxylic acids is 1. The molecule has 0 aromatic heterocycles. The summed E-state index contributed by atoms with van der Waals surface area (Å²) in [5.74, 6) is -0.515. The molecule has 0 unspecified atom stereocenters. The number of halogens is 3. The maximum Gasteiger partial charge on any atom is 0.416 e. The van der Waals surface area contributed by atoms with Gasteiger partial charge in [-0.2, -0.15) is 13.2 Å². The highest BCUT2D eigenvalue weighted by Crippen LogP contribution is 2.27. The lowest BCUT2D eigenvalue weighted by Crippen LogP contribution is -2.23. The van der Waals surface area contributed by atoms with Gasteiger partial charge in [0.25, 0.3) is 5.91 Å². The third-order valence-electron chi connectivity index (χ3n) is 1.87. The molecule has 2 nitrogen and oxygen atoms in total. The van der Waals surface area contributed by atoms with Crippen LogP contribution in [0, 0.1) is 0 Å². The van der Waals surface area contributed by atoms with E-state index in [4.69, 9.17) is 0 Å². The van der Waals surface area contributed by atoms with E-state index in [1.54, 1.807) is 0 Å². The molecule has 0 aliphatic carbocycles. The fourth-order valence-electron chi connectivity index (χ4n) is 1.22. The molecule has 0 saturated heterocycles. The van der Waals surface area contributed by atoms with Gasteiger partial charge in [-0.05, 0) is 12.1 Å². The number of benzene rings is 1. The number of rotatable bonds is 0. The molecule has 14 heavy (non-hydrogen) atoms. The van der Waals surface area contributed by atoms with Gasteiger partial charge in [0.05, 0.1) is 10.9 Å². The molecule has 0 N–H and O–H groups in total. The number of fused-ring (bicyclic) bond motifs is 1. The van der Waals surface area contributed by atoms with Gasteiger partial charge in [0, 0.05) is 11.3 Å². The molecule has 1 amide bonds. The zero-order valence-corrected chi connectivity index (χ0v) is 6.80. The molecule has 72 valence electrons. The van der Waals surface area contributed by atoms with Gasteiger partial charge in [-0.25, -0.2) is 4.99 Å². The van der Waals surface area contributed by atoms with Crippen LogP contribution in [0.4, 0.5) is 13.2 Å². The molecule has 0 fully saturated rings. The van der Waals surface area contributed by atoms with Crippen LogP contribution in [0.2, 0.25) is 0 Å². The van der Waals surface area contributed by atoms with Crippen LogP contribution >= 0.6 is 0 Å². The number of nitrogens with zero attached hydrogens (tertiary/aromatic N) is 1. The minimum absolute atomic E-state index is 0.0878. The average Bonchev–Trinajstić information content (AvgIpc) is 2.41. The van der Waals surface area contributed by atoms with Crippen LogP contribution in [0.3, 0.4) is 0 Å². The first-order chi connectivity index (χ1) is 6.47. The van der Waals surface area contributed by atoms with Gasteiger partial charge in [0.2, 0.25) is 0 Å². The van der Waals surface area contributed by atoms with Crippen molar-refractivity contribution in [3.63, 3.8) is 0 Å². The van der Waals surface area contributed by atoms with Crippen LogP contribution in [-0.2, 0) is 11.0 Å². The van der Waals surface area contributed by atoms with Crippen LogP contribution in [0.1, 0.15) is 5.56 Å². The molecular weight excluding hydrogens is 195 g/mol. The Morgan fingerprint density at radius 2 is 1.93 bits per heavy atom. The SMILES string of the molecule is O=C1C=c2ccc(C(F)(F)F)cc2=N1. The van der Waals surface area contributed by atoms with E-state index >= 15 is 0 Å². The molecule has 1 aromatic carbocycles. The minimum Gasteiger partial charge on any atom is -0.267 e. The van der Waals surface area contributed by atoms with Crippen molar-refractivity contribution in [3.05, 3.63) is 34.3 Å². The summed E-state index contributed by atoms with van der Waals surface area (Å²) in [6.45, 7) is 0. The van der Waals surface area contributed by atoms with Crippen molar-refractivity contribution in [2.75, 3.05) is 0 Å². The van der Waals surface area contributed by atoms with Gasteiger partial charge < -0.3 is 0 Å². The molecule has 1 aromatic rings. The highest BCUT2D eigenvalue weighted by Gasteiger charge is 2.30. The third kappa shape index (κ3) is 1.41. The predicted octanol–water partition coefficient (Wildman–Crippen LogP) is 0.646. The molecule has 2 rings (SSSR count). The molecule has 1 heterocycles. The minimum atomic E-state index is -4.39. The van der Waals surface area contributed by atoms with Crippen molar-refractivity contribution in [1.82, 2.24) is 0 Å². The molecule has 0 spiro atoms. The standard InChI is InChI=1S/C9H4F3NO/c10-9(11,12)6-2-1-5-3-8(14)13-7(5)4-6/h1-4H. The zero-order chi connectivity index (χ0) is 10.3. The average molecular weight is 199 g/mol. The largest absolute Gasteiger partial charge is 0.416 e. The maximum absolute atomic E-state index is 12.2. The highest BCUT2D eigenvalue weighted by atomic mass is 19.4. The predicted molar refractivity (Wildman–Crippen MR) is 41.7 cm³/mol.